The summed E-state index contributed by atoms with van der Waals surface area (Å²) < 4.78 is 32.6. The lowest BCUT2D eigenvalue weighted by Crippen LogP contribution is -2.35. The summed E-state index contributed by atoms with van der Waals surface area (Å²) >= 11 is 1.19. The molecular weight excluding hydrogens is 396 g/mol. The standard InChI is InChI=1S/C20H26N2O4S2/c1-21(15-16-7-6-8-17(13-16)26-2)19(23)14-18-9-10-20(27-18)28(24,25)22-11-4-3-5-12-22/h6-10,13H,3-5,11-12,14-15H2,1-2H3. The Morgan fingerprint density at radius 1 is 1.18 bits per heavy atom. The largest absolute Gasteiger partial charge is 0.497 e. The number of benzene rings is 1. The number of carbonyl (C=O) groups excluding carboxylic acids is 1. The van der Waals surface area contributed by atoms with E-state index in [0.717, 1.165) is 35.5 Å². The van der Waals surface area contributed by atoms with E-state index in [9.17, 15) is 13.2 Å². The van der Waals surface area contributed by atoms with Crippen LogP contribution < -0.4 is 4.74 Å². The maximum absolute atomic E-state index is 12.8. The van der Waals surface area contributed by atoms with Gasteiger partial charge < -0.3 is 9.64 Å². The van der Waals surface area contributed by atoms with Crippen molar-refractivity contribution in [2.75, 3.05) is 27.2 Å². The zero-order chi connectivity index (χ0) is 20.1. The summed E-state index contributed by atoms with van der Waals surface area (Å²) in [5, 5.41) is 0. The number of nitrogens with zero attached hydrogens (tertiary/aromatic N) is 2. The van der Waals surface area contributed by atoms with Crippen molar-refractivity contribution >= 4 is 27.3 Å². The van der Waals surface area contributed by atoms with Gasteiger partial charge in [-0.15, -0.1) is 11.3 Å². The van der Waals surface area contributed by atoms with Crippen LogP contribution in [0.25, 0.3) is 0 Å². The number of sulfonamides is 1. The molecule has 3 rings (SSSR count). The first-order valence-corrected chi connectivity index (χ1v) is 11.6. The highest BCUT2D eigenvalue weighted by Crippen LogP contribution is 2.27. The molecule has 1 aromatic heterocycles. The smallest absolute Gasteiger partial charge is 0.252 e. The Bertz CT molecular complexity index is 918. The summed E-state index contributed by atoms with van der Waals surface area (Å²) in [6.45, 7) is 1.63. The van der Waals surface area contributed by atoms with Crippen LogP contribution >= 0.6 is 11.3 Å². The van der Waals surface area contributed by atoms with Gasteiger partial charge in [0.25, 0.3) is 10.0 Å². The number of thiophene rings is 1. The van der Waals surface area contributed by atoms with E-state index in [1.807, 2.05) is 24.3 Å². The van der Waals surface area contributed by atoms with Crippen molar-refractivity contribution in [2.24, 2.45) is 0 Å². The van der Waals surface area contributed by atoms with Crippen LogP contribution in [0.4, 0.5) is 0 Å². The minimum absolute atomic E-state index is 0.0495. The third-order valence-electron chi connectivity index (χ3n) is 4.85. The predicted octanol–water partition coefficient (Wildman–Crippen LogP) is 3.13. The molecule has 0 atom stereocenters. The molecule has 2 heterocycles. The number of hydrogen-bond donors (Lipinski definition) is 0. The Morgan fingerprint density at radius 3 is 2.64 bits per heavy atom. The van der Waals surface area contributed by atoms with Gasteiger partial charge in [0, 0.05) is 31.6 Å². The second kappa shape index (κ2) is 9.07. The number of rotatable bonds is 7. The second-order valence-electron chi connectivity index (χ2n) is 6.96. The summed E-state index contributed by atoms with van der Waals surface area (Å²) in [5.41, 5.74) is 0.981. The lowest BCUT2D eigenvalue weighted by molar-refractivity contribution is -0.129. The molecule has 28 heavy (non-hydrogen) atoms. The Balaban J connectivity index is 1.63. The summed E-state index contributed by atoms with van der Waals surface area (Å²) in [4.78, 5) is 15.0. The average molecular weight is 423 g/mol. The predicted molar refractivity (Wildman–Crippen MR) is 110 cm³/mol. The lowest BCUT2D eigenvalue weighted by atomic mass is 10.2. The van der Waals surface area contributed by atoms with E-state index in [1.54, 1.807) is 35.5 Å². The first-order valence-electron chi connectivity index (χ1n) is 9.36. The molecule has 0 N–H and O–H groups in total. The van der Waals surface area contributed by atoms with Gasteiger partial charge >= 0.3 is 0 Å². The van der Waals surface area contributed by atoms with Crippen LogP contribution in [0.2, 0.25) is 0 Å². The molecule has 2 aromatic rings. The molecule has 8 heteroatoms. The summed E-state index contributed by atoms with van der Waals surface area (Å²) in [6.07, 6.45) is 3.09. The molecular formula is C20H26N2O4S2. The van der Waals surface area contributed by atoms with Gasteiger partial charge in [-0.1, -0.05) is 18.6 Å². The number of hydrogen-bond acceptors (Lipinski definition) is 5. The van der Waals surface area contributed by atoms with Crippen molar-refractivity contribution in [3.8, 4) is 5.75 Å². The van der Waals surface area contributed by atoms with Crippen molar-refractivity contribution in [3.63, 3.8) is 0 Å². The Morgan fingerprint density at radius 2 is 1.93 bits per heavy atom. The molecule has 1 aliphatic heterocycles. The Hall–Kier alpha value is -1.90. The van der Waals surface area contributed by atoms with Crippen molar-refractivity contribution < 1.29 is 17.9 Å². The van der Waals surface area contributed by atoms with Gasteiger partial charge in [0.1, 0.15) is 9.96 Å². The van der Waals surface area contributed by atoms with E-state index in [4.69, 9.17) is 4.74 Å². The topological polar surface area (TPSA) is 66.9 Å². The molecule has 1 aliphatic rings. The normalized spacial score (nSPS) is 15.4. The molecule has 0 spiro atoms. The monoisotopic (exact) mass is 422 g/mol. The lowest BCUT2D eigenvalue weighted by Gasteiger charge is -2.25. The number of amides is 1. The van der Waals surface area contributed by atoms with Crippen LogP contribution in [-0.4, -0.2) is 50.8 Å². The van der Waals surface area contributed by atoms with E-state index in [2.05, 4.69) is 0 Å². The van der Waals surface area contributed by atoms with Gasteiger partial charge in [0.15, 0.2) is 0 Å². The highest BCUT2D eigenvalue weighted by atomic mass is 32.2. The Labute approximate surface area is 170 Å². The number of carbonyl (C=O) groups is 1. The third-order valence-corrected chi connectivity index (χ3v) is 8.30. The molecule has 152 valence electrons. The fourth-order valence-corrected chi connectivity index (χ4v) is 6.26. The van der Waals surface area contributed by atoms with Gasteiger partial charge in [0.05, 0.1) is 13.5 Å². The zero-order valence-corrected chi connectivity index (χ0v) is 17.9. The summed E-state index contributed by atoms with van der Waals surface area (Å²) in [5.74, 6) is 0.704. The second-order valence-corrected chi connectivity index (χ2v) is 10.3. The fraction of sp³-hybridized carbons (Fsp3) is 0.450. The minimum atomic E-state index is -3.44. The first-order chi connectivity index (χ1) is 13.4. The molecule has 0 radical (unpaired) electrons. The molecule has 0 unspecified atom stereocenters. The van der Waals surface area contributed by atoms with Crippen LogP contribution in [0.15, 0.2) is 40.6 Å². The first kappa shape index (κ1) is 20.8. The van der Waals surface area contributed by atoms with E-state index in [1.165, 1.54) is 11.3 Å². The van der Waals surface area contributed by atoms with Gasteiger partial charge in [-0.2, -0.15) is 4.31 Å². The van der Waals surface area contributed by atoms with Crippen LogP contribution in [0, 0.1) is 0 Å². The van der Waals surface area contributed by atoms with Gasteiger partial charge in [-0.05, 0) is 42.7 Å². The number of piperidine rings is 1. The number of ether oxygens (including phenoxy) is 1. The van der Waals surface area contributed by atoms with Crippen molar-refractivity contribution in [1.29, 1.82) is 0 Å². The number of methoxy groups -OCH3 is 1. The summed E-state index contributed by atoms with van der Waals surface area (Å²) in [6, 6.07) is 11.0. The quantitative estimate of drug-likeness (QED) is 0.688. The molecule has 1 fully saturated rings. The van der Waals surface area contributed by atoms with E-state index in [0.29, 0.717) is 23.8 Å². The van der Waals surface area contributed by atoms with E-state index in [-0.39, 0.29) is 12.3 Å². The molecule has 0 bridgehead atoms. The van der Waals surface area contributed by atoms with Crippen LogP contribution in [-0.2, 0) is 27.8 Å². The Kier molecular flexibility index (Phi) is 6.74. The van der Waals surface area contributed by atoms with Gasteiger partial charge in [-0.25, -0.2) is 8.42 Å². The number of likely N-dealkylation sites (N-methyl/N-ethyl adjacent to an activating group) is 1. The van der Waals surface area contributed by atoms with Crippen molar-refractivity contribution in [2.45, 2.75) is 36.4 Å². The van der Waals surface area contributed by atoms with Crippen LogP contribution in [0.1, 0.15) is 29.7 Å². The summed E-state index contributed by atoms with van der Waals surface area (Å²) in [7, 11) is -0.0782. The fourth-order valence-electron chi connectivity index (χ4n) is 3.24. The maximum atomic E-state index is 12.8. The maximum Gasteiger partial charge on any atom is 0.252 e. The zero-order valence-electron chi connectivity index (χ0n) is 16.3. The van der Waals surface area contributed by atoms with Crippen molar-refractivity contribution in [3.05, 3.63) is 46.8 Å². The van der Waals surface area contributed by atoms with Gasteiger partial charge in [-0.3, -0.25) is 4.79 Å². The molecule has 1 saturated heterocycles. The van der Waals surface area contributed by atoms with E-state index >= 15 is 0 Å². The highest BCUT2D eigenvalue weighted by Gasteiger charge is 2.27. The molecule has 1 amide bonds. The molecule has 1 aromatic carbocycles. The third kappa shape index (κ3) is 4.92. The van der Waals surface area contributed by atoms with E-state index < -0.39 is 10.0 Å². The van der Waals surface area contributed by atoms with Crippen molar-refractivity contribution in [1.82, 2.24) is 9.21 Å². The minimum Gasteiger partial charge on any atom is -0.497 e. The molecule has 0 aliphatic carbocycles. The molecule has 6 nitrogen and oxygen atoms in total. The van der Waals surface area contributed by atoms with Crippen LogP contribution in [0.3, 0.4) is 0 Å². The SMILES string of the molecule is COc1cccc(CN(C)C(=O)Cc2ccc(S(=O)(=O)N3CCCCC3)s2)c1. The average Bonchev–Trinajstić information content (AvgIpc) is 3.18. The van der Waals surface area contributed by atoms with Crippen LogP contribution in [0.5, 0.6) is 5.75 Å². The molecule has 0 saturated carbocycles. The van der Waals surface area contributed by atoms with Gasteiger partial charge in [0.2, 0.25) is 5.91 Å². The highest BCUT2D eigenvalue weighted by molar-refractivity contribution is 7.91.